The molecule has 0 amide bonds. The van der Waals surface area contributed by atoms with Gasteiger partial charge in [-0.15, -0.1) is 0 Å². The lowest BCUT2D eigenvalue weighted by Crippen LogP contribution is -2.29. The summed E-state index contributed by atoms with van der Waals surface area (Å²) in [5, 5.41) is 3.13. The first-order chi connectivity index (χ1) is 8.61. The monoisotopic (exact) mass is 259 g/mol. The number of nitrogens with one attached hydrogen (secondary N) is 1. The zero-order valence-electron chi connectivity index (χ0n) is 10.4. The number of rotatable bonds is 8. The summed E-state index contributed by atoms with van der Waals surface area (Å²) >= 11 is 0. The number of nitrogen functional groups attached to an aromatic ring is 1. The van der Waals surface area contributed by atoms with Gasteiger partial charge in [-0.1, -0.05) is 0 Å². The molecule has 0 spiro atoms. The van der Waals surface area contributed by atoms with Gasteiger partial charge in [-0.25, -0.2) is 13.8 Å². The van der Waals surface area contributed by atoms with Crippen LogP contribution in [0, 0.1) is 0 Å². The number of halogens is 2. The van der Waals surface area contributed by atoms with E-state index in [9.17, 15) is 8.78 Å². The molecule has 1 unspecified atom stereocenters. The highest BCUT2D eigenvalue weighted by Gasteiger charge is 2.09. The minimum atomic E-state index is -2.40. The van der Waals surface area contributed by atoms with Gasteiger partial charge in [-0.2, -0.15) is 0 Å². The van der Waals surface area contributed by atoms with Gasteiger partial charge in [0.05, 0.1) is 0 Å². The van der Waals surface area contributed by atoms with E-state index in [2.05, 4.69) is 10.3 Å². The summed E-state index contributed by atoms with van der Waals surface area (Å²) < 4.78 is 28.6. The molecule has 1 aromatic rings. The molecule has 0 radical (unpaired) electrons. The smallest absolute Gasteiger partial charge is 0.261 e. The Morgan fingerprint density at radius 2 is 2.28 bits per heavy atom. The SMILES string of the molecule is CNC(CCOCC(F)F)Cc1ccnc(N)c1. The molecular formula is C12H19F2N3O. The second-order valence-electron chi connectivity index (χ2n) is 4.03. The molecule has 3 N–H and O–H groups in total. The molecule has 1 atom stereocenters. The molecule has 0 aliphatic heterocycles. The van der Waals surface area contributed by atoms with Gasteiger partial charge in [0.25, 0.3) is 6.43 Å². The van der Waals surface area contributed by atoms with Crippen LogP contribution in [0.5, 0.6) is 0 Å². The normalized spacial score (nSPS) is 12.9. The Morgan fingerprint density at radius 3 is 2.89 bits per heavy atom. The van der Waals surface area contributed by atoms with Crippen molar-refractivity contribution in [2.24, 2.45) is 0 Å². The molecule has 0 saturated heterocycles. The summed E-state index contributed by atoms with van der Waals surface area (Å²) in [5.41, 5.74) is 6.66. The van der Waals surface area contributed by atoms with Crippen LogP contribution in [0.15, 0.2) is 18.3 Å². The van der Waals surface area contributed by atoms with E-state index in [4.69, 9.17) is 10.5 Å². The van der Waals surface area contributed by atoms with Crippen LogP contribution in [-0.2, 0) is 11.2 Å². The molecule has 1 rings (SSSR count). The average Bonchev–Trinajstić information content (AvgIpc) is 2.33. The van der Waals surface area contributed by atoms with E-state index in [0.29, 0.717) is 18.8 Å². The number of nitrogens with zero attached hydrogens (tertiary/aromatic N) is 1. The van der Waals surface area contributed by atoms with Crippen LogP contribution < -0.4 is 11.1 Å². The highest BCUT2D eigenvalue weighted by atomic mass is 19.3. The second kappa shape index (κ2) is 7.94. The molecule has 0 aliphatic carbocycles. The number of alkyl halides is 2. The highest BCUT2D eigenvalue weighted by Crippen LogP contribution is 2.08. The molecule has 18 heavy (non-hydrogen) atoms. The quantitative estimate of drug-likeness (QED) is 0.694. The molecule has 102 valence electrons. The van der Waals surface area contributed by atoms with Crippen molar-refractivity contribution in [2.75, 3.05) is 26.0 Å². The van der Waals surface area contributed by atoms with Gasteiger partial charge in [0.15, 0.2) is 0 Å². The average molecular weight is 259 g/mol. The molecule has 1 aromatic heterocycles. The van der Waals surface area contributed by atoms with Crippen molar-refractivity contribution in [3.8, 4) is 0 Å². The van der Waals surface area contributed by atoms with Gasteiger partial charge in [0, 0.05) is 18.8 Å². The molecule has 1 heterocycles. The van der Waals surface area contributed by atoms with Gasteiger partial charge >= 0.3 is 0 Å². The molecule has 0 fully saturated rings. The van der Waals surface area contributed by atoms with Crippen LogP contribution in [0.25, 0.3) is 0 Å². The number of aromatic nitrogens is 1. The molecule has 6 heteroatoms. The van der Waals surface area contributed by atoms with Crippen molar-refractivity contribution < 1.29 is 13.5 Å². The zero-order chi connectivity index (χ0) is 13.4. The fourth-order valence-corrected chi connectivity index (χ4v) is 1.65. The van der Waals surface area contributed by atoms with Crippen molar-refractivity contribution in [2.45, 2.75) is 25.3 Å². The van der Waals surface area contributed by atoms with Crippen molar-refractivity contribution >= 4 is 5.82 Å². The Labute approximate surface area is 106 Å². The number of hydrogen-bond donors (Lipinski definition) is 2. The number of nitrogens with two attached hydrogens (primary N) is 1. The first-order valence-electron chi connectivity index (χ1n) is 5.85. The third kappa shape index (κ3) is 5.88. The van der Waals surface area contributed by atoms with Crippen LogP contribution in [0.4, 0.5) is 14.6 Å². The lowest BCUT2D eigenvalue weighted by atomic mass is 10.0. The van der Waals surface area contributed by atoms with Crippen LogP contribution in [0.1, 0.15) is 12.0 Å². The summed E-state index contributed by atoms with van der Waals surface area (Å²) in [6.45, 7) is -0.185. The third-order valence-electron chi connectivity index (χ3n) is 2.59. The minimum absolute atomic E-state index is 0.171. The largest absolute Gasteiger partial charge is 0.384 e. The van der Waals surface area contributed by atoms with E-state index >= 15 is 0 Å². The van der Waals surface area contributed by atoms with Gasteiger partial charge in [0.1, 0.15) is 12.4 Å². The molecule has 0 bridgehead atoms. The Hall–Kier alpha value is -1.27. The Balaban J connectivity index is 2.33. The number of hydrogen-bond acceptors (Lipinski definition) is 4. The summed E-state index contributed by atoms with van der Waals surface area (Å²) in [6.07, 6.45) is 0.690. The van der Waals surface area contributed by atoms with Crippen molar-refractivity contribution in [1.82, 2.24) is 10.3 Å². The molecule has 0 saturated carbocycles. The van der Waals surface area contributed by atoms with Gasteiger partial charge in [0.2, 0.25) is 0 Å². The van der Waals surface area contributed by atoms with Gasteiger partial charge in [-0.05, 0) is 37.6 Å². The lowest BCUT2D eigenvalue weighted by molar-refractivity contribution is 0.0146. The van der Waals surface area contributed by atoms with E-state index in [-0.39, 0.29) is 6.04 Å². The lowest BCUT2D eigenvalue weighted by Gasteiger charge is -2.16. The summed E-state index contributed by atoms with van der Waals surface area (Å²) in [5.74, 6) is 0.483. The van der Waals surface area contributed by atoms with Gasteiger partial charge < -0.3 is 15.8 Å². The van der Waals surface area contributed by atoms with E-state index < -0.39 is 13.0 Å². The minimum Gasteiger partial charge on any atom is -0.384 e. The van der Waals surface area contributed by atoms with E-state index in [1.807, 2.05) is 19.2 Å². The van der Waals surface area contributed by atoms with Crippen molar-refractivity contribution in [3.05, 3.63) is 23.9 Å². The number of likely N-dealkylation sites (N-methyl/N-ethyl adjacent to an activating group) is 1. The van der Waals surface area contributed by atoms with E-state index in [1.54, 1.807) is 6.20 Å². The standard InChI is InChI=1S/C12H19F2N3O/c1-16-10(3-5-18-8-11(13)14)6-9-2-4-17-12(15)7-9/h2,4,7,10-11,16H,3,5-6,8H2,1H3,(H2,15,17). The topological polar surface area (TPSA) is 60.2 Å². The first kappa shape index (κ1) is 14.8. The fraction of sp³-hybridized carbons (Fsp3) is 0.583. The van der Waals surface area contributed by atoms with Gasteiger partial charge in [-0.3, -0.25) is 0 Å². The molecule has 0 aromatic carbocycles. The molecule has 0 aliphatic rings. The maximum atomic E-state index is 11.9. The Kier molecular flexibility index (Phi) is 6.53. The van der Waals surface area contributed by atoms with Crippen molar-refractivity contribution in [1.29, 1.82) is 0 Å². The maximum absolute atomic E-state index is 11.9. The Morgan fingerprint density at radius 1 is 1.50 bits per heavy atom. The van der Waals surface area contributed by atoms with E-state index in [0.717, 1.165) is 12.0 Å². The summed E-state index contributed by atoms with van der Waals surface area (Å²) in [4.78, 5) is 3.92. The van der Waals surface area contributed by atoms with Crippen LogP contribution >= 0.6 is 0 Å². The zero-order valence-corrected chi connectivity index (χ0v) is 10.4. The second-order valence-corrected chi connectivity index (χ2v) is 4.03. The van der Waals surface area contributed by atoms with Crippen molar-refractivity contribution in [3.63, 3.8) is 0 Å². The predicted octanol–water partition coefficient (Wildman–Crippen LogP) is 1.47. The van der Waals surface area contributed by atoms with E-state index in [1.165, 1.54) is 0 Å². The number of pyridine rings is 1. The number of anilines is 1. The van der Waals surface area contributed by atoms with Crippen LogP contribution in [-0.4, -0.2) is 37.7 Å². The third-order valence-corrected chi connectivity index (χ3v) is 2.59. The summed E-state index contributed by atoms with van der Waals surface area (Å²) in [6, 6.07) is 3.87. The predicted molar refractivity (Wildman–Crippen MR) is 66.6 cm³/mol. The molecule has 4 nitrogen and oxygen atoms in total. The Bertz CT molecular complexity index is 350. The van der Waals surface area contributed by atoms with Crippen LogP contribution in [0.3, 0.4) is 0 Å². The first-order valence-corrected chi connectivity index (χ1v) is 5.85. The highest BCUT2D eigenvalue weighted by molar-refractivity contribution is 5.32. The molecular weight excluding hydrogens is 240 g/mol. The maximum Gasteiger partial charge on any atom is 0.261 e. The summed E-state index contributed by atoms with van der Waals surface area (Å²) in [7, 11) is 1.84. The van der Waals surface area contributed by atoms with Crippen LogP contribution in [0.2, 0.25) is 0 Å². The number of ether oxygens (including phenoxy) is 1. The fourth-order valence-electron chi connectivity index (χ4n) is 1.65.